The third-order valence-corrected chi connectivity index (χ3v) is 6.49. The lowest BCUT2D eigenvalue weighted by molar-refractivity contribution is 0.0729. The summed E-state index contributed by atoms with van der Waals surface area (Å²) in [6, 6.07) is 11.9. The fraction of sp³-hybridized carbons (Fsp3) is 0.278. The number of thiocarbonyl (C=S) groups is 1. The second-order valence-electron chi connectivity index (χ2n) is 5.97. The van der Waals surface area contributed by atoms with E-state index in [2.05, 4.69) is 10.6 Å². The Balaban J connectivity index is 1.80. The van der Waals surface area contributed by atoms with Crippen LogP contribution < -0.4 is 15.4 Å². The van der Waals surface area contributed by atoms with E-state index in [9.17, 15) is 8.42 Å². The summed E-state index contributed by atoms with van der Waals surface area (Å²) in [5.74, 6) is 0.272. The van der Waals surface area contributed by atoms with Gasteiger partial charge in [-0.05, 0) is 54.7 Å². The van der Waals surface area contributed by atoms with Crippen LogP contribution in [0.4, 0.5) is 11.4 Å². The highest BCUT2D eigenvalue weighted by molar-refractivity contribution is 7.89. The molecule has 3 rings (SSSR count). The van der Waals surface area contributed by atoms with Crippen LogP contribution in [0.15, 0.2) is 47.4 Å². The number of hydrogen-bond acceptors (Lipinski definition) is 5. The maximum absolute atomic E-state index is 13.0. The van der Waals surface area contributed by atoms with Crippen molar-refractivity contribution in [3.8, 4) is 5.75 Å². The molecular formula is C18H20ClN3O4S2. The summed E-state index contributed by atoms with van der Waals surface area (Å²) in [4.78, 5) is 0.0798. The molecule has 28 heavy (non-hydrogen) atoms. The lowest BCUT2D eigenvalue weighted by atomic mass is 10.3. The topological polar surface area (TPSA) is 79.9 Å². The third kappa shape index (κ3) is 4.92. The van der Waals surface area contributed by atoms with Crippen LogP contribution in [0.25, 0.3) is 0 Å². The lowest BCUT2D eigenvalue weighted by Crippen LogP contribution is -2.40. The minimum Gasteiger partial charge on any atom is -0.495 e. The molecule has 0 aliphatic carbocycles. The molecule has 2 N–H and O–H groups in total. The van der Waals surface area contributed by atoms with E-state index < -0.39 is 10.0 Å². The first-order valence-corrected chi connectivity index (χ1v) is 10.7. The molecule has 10 heteroatoms. The van der Waals surface area contributed by atoms with Crippen LogP contribution in [0.3, 0.4) is 0 Å². The summed E-state index contributed by atoms with van der Waals surface area (Å²) in [7, 11) is -2.28. The molecule has 0 aromatic heterocycles. The Kier molecular flexibility index (Phi) is 6.73. The van der Waals surface area contributed by atoms with Crippen LogP contribution in [0.1, 0.15) is 0 Å². The third-order valence-electron chi connectivity index (χ3n) is 4.11. The number of halogens is 1. The van der Waals surface area contributed by atoms with Gasteiger partial charge in [0.2, 0.25) is 10.0 Å². The van der Waals surface area contributed by atoms with E-state index in [1.54, 1.807) is 36.4 Å². The van der Waals surface area contributed by atoms with Crippen molar-refractivity contribution in [1.82, 2.24) is 4.31 Å². The van der Waals surface area contributed by atoms with Gasteiger partial charge in [-0.25, -0.2) is 8.42 Å². The van der Waals surface area contributed by atoms with Crippen LogP contribution >= 0.6 is 23.8 Å². The molecule has 150 valence electrons. The van der Waals surface area contributed by atoms with E-state index in [1.165, 1.54) is 17.5 Å². The molecular weight excluding hydrogens is 422 g/mol. The van der Waals surface area contributed by atoms with E-state index >= 15 is 0 Å². The van der Waals surface area contributed by atoms with Gasteiger partial charge in [0, 0.05) is 29.5 Å². The molecule has 0 unspecified atom stereocenters. The van der Waals surface area contributed by atoms with Crippen molar-refractivity contribution < 1.29 is 17.9 Å². The van der Waals surface area contributed by atoms with Crippen LogP contribution in [0, 0.1) is 0 Å². The maximum atomic E-state index is 13.0. The molecule has 1 aliphatic heterocycles. The number of benzene rings is 2. The first-order valence-electron chi connectivity index (χ1n) is 8.49. The van der Waals surface area contributed by atoms with Crippen LogP contribution in [0.2, 0.25) is 5.02 Å². The molecule has 1 heterocycles. The fourth-order valence-corrected chi connectivity index (χ4v) is 4.66. The molecule has 1 saturated heterocycles. The minimum absolute atomic E-state index is 0.0798. The van der Waals surface area contributed by atoms with Crippen LogP contribution in [-0.4, -0.2) is 51.2 Å². The summed E-state index contributed by atoms with van der Waals surface area (Å²) in [5.41, 5.74) is 1.29. The summed E-state index contributed by atoms with van der Waals surface area (Å²) in [6.07, 6.45) is 0. The molecule has 1 fully saturated rings. The Morgan fingerprint density at radius 1 is 1.11 bits per heavy atom. The van der Waals surface area contributed by atoms with Gasteiger partial charge in [0.05, 0.1) is 20.3 Å². The van der Waals surface area contributed by atoms with Gasteiger partial charge in [-0.1, -0.05) is 11.6 Å². The highest BCUT2D eigenvalue weighted by Crippen LogP contribution is 2.30. The predicted molar refractivity (Wildman–Crippen MR) is 114 cm³/mol. The summed E-state index contributed by atoms with van der Waals surface area (Å²) < 4.78 is 38.0. The molecule has 0 radical (unpaired) electrons. The molecule has 0 spiro atoms. The first-order chi connectivity index (χ1) is 13.4. The van der Waals surface area contributed by atoms with Crippen molar-refractivity contribution >= 4 is 50.3 Å². The highest BCUT2D eigenvalue weighted by atomic mass is 35.5. The van der Waals surface area contributed by atoms with Gasteiger partial charge in [-0.3, -0.25) is 0 Å². The molecule has 0 saturated carbocycles. The maximum Gasteiger partial charge on any atom is 0.246 e. The smallest absolute Gasteiger partial charge is 0.246 e. The normalized spacial score (nSPS) is 15.1. The Bertz CT molecular complexity index is 946. The standard InChI is InChI=1S/C18H20ClN3O4S2/c1-25-16-7-6-15(21-18(27)20-14-4-2-13(19)3-5-14)12-17(16)28(23,24)22-8-10-26-11-9-22/h2-7,12H,8-11H2,1H3,(H2,20,21,27). The number of ether oxygens (including phenoxy) is 2. The molecule has 2 aromatic rings. The zero-order chi connectivity index (χ0) is 20.1. The zero-order valence-corrected chi connectivity index (χ0v) is 17.5. The minimum atomic E-state index is -3.72. The van der Waals surface area contributed by atoms with Gasteiger partial charge >= 0.3 is 0 Å². The van der Waals surface area contributed by atoms with Gasteiger partial charge in [0.25, 0.3) is 0 Å². The van der Waals surface area contributed by atoms with Gasteiger partial charge in [0.1, 0.15) is 10.6 Å². The number of nitrogens with zero attached hydrogens (tertiary/aromatic N) is 1. The summed E-state index contributed by atoms with van der Waals surface area (Å²) in [5, 5.41) is 6.96. The van der Waals surface area contributed by atoms with E-state index in [0.29, 0.717) is 42.1 Å². The molecule has 2 aromatic carbocycles. The summed E-state index contributed by atoms with van der Waals surface area (Å²) in [6.45, 7) is 1.35. The average Bonchev–Trinajstić information content (AvgIpc) is 2.70. The second kappa shape index (κ2) is 9.06. The fourth-order valence-electron chi connectivity index (χ4n) is 2.71. The number of anilines is 2. The Morgan fingerprint density at radius 2 is 1.71 bits per heavy atom. The van der Waals surface area contributed by atoms with E-state index in [4.69, 9.17) is 33.3 Å². The average molecular weight is 442 g/mol. The van der Waals surface area contributed by atoms with E-state index in [0.717, 1.165) is 5.69 Å². The number of morpholine rings is 1. The first kappa shape index (κ1) is 20.8. The Labute approximate surface area is 174 Å². The van der Waals surface area contributed by atoms with Crippen molar-refractivity contribution in [2.45, 2.75) is 4.90 Å². The number of rotatable bonds is 5. The van der Waals surface area contributed by atoms with Gasteiger partial charge < -0.3 is 20.1 Å². The number of methoxy groups -OCH3 is 1. The largest absolute Gasteiger partial charge is 0.495 e. The van der Waals surface area contributed by atoms with Crippen molar-refractivity contribution in [2.24, 2.45) is 0 Å². The van der Waals surface area contributed by atoms with Crippen LogP contribution in [0.5, 0.6) is 5.75 Å². The number of nitrogens with one attached hydrogen (secondary N) is 2. The molecule has 0 atom stereocenters. The van der Waals surface area contributed by atoms with Crippen molar-refractivity contribution in [3.05, 3.63) is 47.5 Å². The van der Waals surface area contributed by atoms with E-state index in [1.807, 2.05) is 0 Å². The van der Waals surface area contributed by atoms with Crippen molar-refractivity contribution in [1.29, 1.82) is 0 Å². The van der Waals surface area contributed by atoms with Crippen LogP contribution in [-0.2, 0) is 14.8 Å². The monoisotopic (exact) mass is 441 g/mol. The Hall–Kier alpha value is -1.91. The molecule has 1 aliphatic rings. The van der Waals surface area contributed by atoms with Crippen molar-refractivity contribution in [2.75, 3.05) is 44.0 Å². The van der Waals surface area contributed by atoms with Gasteiger partial charge in [-0.15, -0.1) is 0 Å². The SMILES string of the molecule is COc1ccc(NC(=S)Nc2ccc(Cl)cc2)cc1S(=O)(=O)N1CCOCC1. The van der Waals surface area contributed by atoms with E-state index in [-0.39, 0.29) is 10.6 Å². The Morgan fingerprint density at radius 3 is 2.36 bits per heavy atom. The zero-order valence-electron chi connectivity index (χ0n) is 15.1. The molecule has 7 nitrogen and oxygen atoms in total. The molecule has 0 bridgehead atoms. The lowest BCUT2D eigenvalue weighted by Gasteiger charge is -2.27. The van der Waals surface area contributed by atoms with Crippen molar-refractivity contribution in [3.63, 3.8) is 0 Å². The quantitative estimate of drug-likeness (QED) is 0.690. The highest BCUT2D eigenvalue weighted by Gasteiger charge is 2.29. The summed E-state index contributed by atoms with van der Waals surface area (Å²) >= 11 is 11.2. The predicted octanol–water partition coefficient (Wildman–Crippen LogP) is 3.18. The number of hydrogen-bond donors (Lipinski definition) is 2. The van der Waals surface area contributed by atoms with Gasteiger partial charge in [-0.2, -0.15) is 4.31 Å². The second-order valence-corrected chi connectivity index (χ2v) is 8.72. The van der Waals surface area contributed by atoms with Gasteiger partial charge in [0.15, 0.2) is 5.11 Å². The molecule has 0 amide bonds. The number of sulfonamides is 1.